The normalized spacial score (nSPS) is 13.3. The molecule has 2 heterocycles. The van der Waals surface area contributed by atoms with Gasteiger partial charge in [-0.3, -0.25) is 4.99 Å². The van der Waals surface area contributed by atoms with Crippen molar-refractivity contribution in [3.8, 4) is 11.3 Å². The van der Waals surface area contributed by atoms with Gasteiger partial charge in [0.05, 0.1) is 18.7 Å². The van der Waals surface area contributed by atoms with E-state index in [1.54, 1.807) is 0 Å². The number of aliphatic imine (C=N–C) groups is 1. The van der Waals surface area contributed by atoms with Crippen molar-refractivity contribution in [2.75, 3.05) is 0 Å². The van der Waals surface area contributed by atoms with Gasteiger partial charge in [-0.1, -0.05) is 47.5 Å². The van der Waals surface area contributed by atoms with E-state index in [1.165, 1.54) is 17.0 Å². The first-order valence-corrected chi connectivity index (χ1v) is 9.59. The molecule has 0 amide bonds. The second-order valence-corrected chi connectivity index (χ2v) is 7.48. The molecule has 0 fully saturated rings. The molecule has 0 radical (unpaired) electrons. The lowest BCUT2D eigenvalue weighted by molar-refractivity contribution is -0.693. The van der Waals surface area contributed by atoms with Gasteiger partial charge in [0, 0.05) is 16.5 Å². The molecule has 0 spiro atoms. The first kappa shape index (κ1) is 20.4. The number of aryl methyl sites for hydroxylation is 1. The molecule has 6 heteroatoms. The fourth-order valence-corrected chi connectivity index (χ4v) is 3.80. The summed E-state index contributed by atoms with van der Waals surface area (Å²) < 4.78 is 4.37. The minimum atomic E-state index is -0.166. The van der Waals surface area contributed by atoms with Crippen molar-refractivity contribution >= 4 is 35.6 Å². The molecule has 4 rings (SSSR count). The van der Waals surface area contributed by atoms with E-state index in [4.69, 9.17) is 11.6 Å². The fraction of sp³-hybridized carbons (Fsp3) is 0.273. The van der Waals surface area contributed by atoms with Crippen LogP contribution in [0.5, 0.6) is 0 Å². The predicted octanol–water partition coefficient (Wildman–Crippen LogP) is 4.17. The smallest absolute Gasteiger partial charge is 0.257 e. The molecule has 0 saturated carbocycles. The summed E-state index contributed by atoms with van der Waals surface area (Å²) >= 11 is 6.14. The zero-order valence-corrected chi connectivity index (χ0v) is 17.6. The Bertz CT molecular complexity index is 1020. The van der Waals surface area contributed by atoms with Gasteiger partial charge in [0.25, 0.3) is 5.82 Å². The summed E-state index contributed by atoms with van der Waals surface area (Å²) in [7, 11) is 0. The monoisotopic (exact) mass is 415 g/mol. The van der Waals surface area contributed by atoms with Gasteiger partial charge in [0.2, 0.25) is 0 Å². The van der Waals surface area contributed by atoms with Crippen LogP contribution in [0.3, 0.4) is 0 Å². The van der Waals surface area contributed by atoms with Gasteiger partial charge in [-0.2, -0.15) is 0 Å². The third kappa shape index (κ3) is 3.94. The van der Waals surface area contributed by atoms with E-state index < -0.39 is 0 Å². The molecule has 0 unspecified atom stereocenters. The molecule has 3 aromatic rings. The van der Waals surface area contributed by atoms with Crippen LogP contribution >= 0.6 is 24.0 Å². The van der Waals surface area contributed by atoms with E-state index >= 15 is 0 Å². The van der Waals surface area contributed by atoms with E-state index in [9.17, 15) is 5.11 Å². The molecular weight excluding hydrogens is 393 g/mol. The summed E-state index contributed by atoms with van der Waals surface area (Å²) in [6, 6.07) is 14.0. The van der Waals surface area contributed by atoms with Gasteiger partial charge in [0.1, 0.15) is 12.7 Å². The van der Waals surface area contributed by atoms with Crippen LogP contribution in [-0.2, 0) is 19.5 Å². The molecule has 0 bridgehead atoms. The highest BCUT2D eigenvalue weighted by Gasteiger charge is 2.28. The number of benzene rings is 2. The summed E-state index contributed by atoms with van der Waals surface area (Å²) in [5, 5.41) is 13.2. The molecular formula is C22H23Cl2N3O. The molecule has 146 valence electrons. The topological polar surface area (TPSA) is 44.2 Å². The summed E-state index contributed by atoms with van der Waals surface area (Å²) in [6.45, 7) is 5.20. The molecule has 0 aliphatic carbocycles. The second kappa shape index (κ2) is 8.38. The lowest BCUT2D eigenvalue weighted by Gasteiger charge is -2.10. The number of nitrogens with zero attached hydrogens (tertiary/aromatic N) is 3. The molecule has 1 aliphatic rings. The highest BCUT2D eigenvalue weighted by molar-refractivity contribution is 6.31. The molecule has 4 nitrogen and oxygen atoms in total. The zero-order chi connectivity index (χ0) is 19.0. The van der Waals surface area contributed by atoms with Crippen LogP contribution in [0, 0.1) is 13.8 Å². The number of imidazole rings is 1. The Labute approximate surface area is 176 Å². The van der Waals surface area contributed by atoms with Crippen LogP contribution in [-0.4, -0.2) is 10.5 Å². The van der Waals surface area contributed by atoms with Crippen molar-refractivity contribution in [3.05, 3.63) is 70.6 Å². The van der Waals surface area contributed by atoms with E-state index in [0.717, 1.165) is 30.6 Å². The molecule has 1 aromatic heterocycles. The van der Waals surface area contributed by atoms with Crippen molar-refractivity contribution in [1.82, 2.24) is 4.57 Å². The van der Waals surface area contributed by atoms with Crippen molar-refractivity contribution in [1.29, 1.82) is 0 Å². The maximum atomic E-state index is 12.6. The molecule has 1 aliphatic heterocycles. The lowest BCUT2D eigenvalue weighted by Crippen LogP contribution is -2.43. The lowest BCUT2D eigenvalue weighted by atomic mass is 10.1. The van der Waals surface area contributed by atoms with Gasteiger partial charge in [-0.25, -0.2) is 9.13 Å². The van der Waals surface area contributed by atoms with E-state index in [0.29, 0.717) is 10.7 Å². The van der Waals surface area contributed by atoms with Crippen molar-refractivity contribution < 1.29 is 9.67 Å². The summed E-state index contributed by atoms with van der Waals surface area (Å²) in [4.78, 5) is 4.28. The average molecular weight is 416 g/mol. The Morgan fingerprint density at radius 3 is 2.68 bits per heavy atom. The molecule has 2 aromatic carbocycles. The zero-order valence-electron chi connectivity index (χ0n) is 16.0. The maximum absolute atomic E-state index is 12.6. The third-order valence-electron chi connectivity index (χ3n) is 5.13. The Morgan fingerprint density at radius 1 is 1.18 bits per heavy atom. The Balaban J connectivity index is 0.00000225. The predicted molar refractivity (Wildman–Crippen MR) is 114 cm³/mol. The molecule has 28 heavy (non-hydrogen) atoms. The average Bonchev–Trinajstić information content (AvgIpc) is 3.24. The van der Waals surface area contributed by atoms with Crippen molar-refractivity contribution in [3.63, 3.8) is 0 Å². The number of hydrogen-bond acceptors (Lipinski definition) is 2. The Kier molecular flexibility index (Phi) is 6.11. The van der Waals surface area contributed by atoms with Gasteiger partial charge in [-0.05, 0) is 38.0 Å². The van der Waals surface area contributed by atoms with Gasteiger partial charge >= 0.3 is 0 Å². The standard InChI is InChI=1S/C22H22ClN3O.ClH/c1-15-8-10-17(11-9-15)20-13-25(22-7-4-12-26(20)22)14-21(27)24-19-6-3-5-18(23)16(19)2;/h3,5-6,8-11,13H,4,7,12,14H2,1-2H3;1H. The fourth-order valence-electron chi connectivity index (χ4n) is 3.63. The number of hydrogen-bond donors (Lipinski definition) is 0. The first-order valence-electron chi connectivity index (χ1n) is 9.21. The van der Waals surface area contributed by atoms with E-state index in [2.05, 4.69) is 46.9 Å². The van der Waals surface area contributed by atoms with Crippen LogP contribution in [0.1, 0.15) is 23.4 Å². The Morgan fingerprint density at radius 2 is 1.93 bits per heavy atom. The first-order chi connectivity index (χ1) is 13.0. The quantitative estimate of drug-likeness (QED) is 0.358. The Hall–Kier alpha value is -2.30. The summed E-state index contributed by atoms with van der Waals surface area (Å²) in [6.07, 6.45) is 4.17. The highest BCUT2D eigenvalue weighted by atomic mass is 35.5. The largest absolute Gasteiger partial charge is 0.859 e. The van der Waals surface area contributed by atoms with E-state index in [-0.39, 0.29) is 24.8 Å². The number of aromatic nitrogens is 2. The van der Waals surface area contributed by atoms with Gasteiger partial charge < -0.3 is 5.11 Å². The summed E-state index contributed by atoms with van der Waals surface area (Å²) in [5.41, 5.74) is 5.06. The van der Waals surface area contributed by atoms with E-state index in [1.807, 2.05) is 29.7 Å². The van der Waals surface area contributed by atoms with Crippen molar-refractivity contribution in [2.24, 2.45) is 4.99 Å². The van der Waals surface area contributed by atoms with Crippen LogP contribution in [0.4, 0.5) is 5.69 Å². The van der Waals surface area contributed by atoms with Crippen LogP contribution in [0.25, 0.3) is 11.3 Å². The number of rotatable bonds is 4. The van der Waals surface area contributed by atoms with Crippen LogP contribution < -0.4 is 9.67 Å². The third-order valence-corrected chi connectivity index (χ3v) is 5.54. The minimum Gasteiger partial charge on any atom is -0.859 e. The molecule has 0 atom stereocenters. The molecule has 0 saturated heterocycles. The molecule has 0 N–H and O–H groups in total. The highest BCUT2D eigenvalue weighted by Crippen LogP contribution is 2.26. The van der Waals surface area contributed by atoms with Crippen LogP contribution in [0.2, 0.25) is 5.02 Å². The summed E-state index contributed by atoms with van der Waals surface area (Å²) in [5.74, 6) is 1.03. The minimum absolute atomic E-state index is 0. The van der Waals surface area contributed by atoms with Crippen LogP contribution in [0.15, 0.2) is 53.7 Å². The number of halogens is 2. The van der Waals surface area contributed by atoms with Gasteiger partial charge in [0.15, 0.2) is 5.69 Å². The number of fused-ring (bicyclic) bond motifs is 1. The second-order valence-electron chi connectivity index (χ2n) is 7.07. The maximum Gasteiger partial charge on any atom is 0.257 e. The SMILES string of the molecule is Cc1ccc(-c2c[n+](CC([O-])=Nc3cccc(Cl)c3C)c3n2CCC3)cc1.Cl. The van der Waals surface area contributed by atoms with Gasteiger partial charge in [-0.15, -0.1) is 12.4 Å². The van der Waals surface area contributed by atoms with Crippen molar-refractivity contribution in [2.45, 2.75) is 39.8 Å².